The van der Waals surface area contributed by atoms with Gasteiger partial charge in [0.05, 0.1) is 19.4 Å². The van der Waals surface area contributed by atoms with Crippen LogP contribution >= 0.6 is 11.3 Å². The van der Waals surface area contributed by atoms with Gasteiger partial charge in [0.25, 0.3) is 0 Å². The molecule has 4 nitrogen and oxygen atoms in total. The molecule has 0 bridgehead atoms. The fourth-order valence-corrected chi connectivity index (χ4v) is 3.25. The number of halogens is 1. The Hall–Kier alpha value is -2.44. The molecule has 0 atom stereocenters. The Bertz CT molecular complexity index is 751. The molecule has 1 amide bonds. The lowest BCUT2D eigenvalue weighted by atomic mass is 10.2. The first-order chi connectivity index (χ1) is 12.2. The molecular weight excluding hydrogens is 339 g/mol. The molecule has 0 unspecified atom stereocenters. The molecule has 6 heteroatoms. The van der Waals surface area contributed by atoms with Crippen LogP contribution in [-0.2, 0) is 24.4 Å². The number of nitrogens with one attached hydrogen (secondary N) is 1. The number of nitrogens with zero attached hydrogens (tertiary/aromatic N) is 1. The predicted octanol–water partition coefficient (Wildman–Crippen LogP) is 3.80. The van der Waals surface area contributed by atoms with Gasteiger partial charge < -0.3 is 9.73 Å². The summed E-state index contributed by atoms with van der Waals surface area (Å²) in [6.07, 6.45) is 1.62. The summed E-state index contributed by atoms with van der Waals surface area (Å²) in [5.74, 6) is 0.346. The summed E-state index contributed by atoms with van der Waals surface area (Å²) >= 11 is 1.65. The van der Waals surface area contributed by atoms with Gasteiger partial charge in [-0.1, -0.05) is 24.3 Å². The molecule has 2 heterocycles. The van der Waals surface area contributed by atoms with E-state index in [1.807, 2.05) is 34.5 Å². The summed E-state index contributed by atoms with van der Waals surface area (Å²) < 4.78 is 19.0. The van der Waals surface area contributed by atoms with E-state index >= 15 is 0 Å². The summed E-state index contributed by atoms with van der Waals surface area (Å²) in [7, 11) is 0. The number of thiophene rings is 1. The van der Waals surface area contributed by atoms with Gasteiger partial charge in [0.1, 0.15) is 11.6 Å². The van der Waals surface area contributed by atoms with Crippen LogP contribution < -0.4 is 5.32 Å². The molecule has 0 aliphatic heterocycles. The average molecular weight is 358 g/mol. The van der Waals surface area contributed by atoms with Crippen LogP contribution in [0, 0.1) is 5.82 Å². The van der Waals surface area contributed by atoms with Crippen LogP contribution in [-0.4, -0.2) is 17.4 Å². The van der Waals surface area contributed by atoms with Gasteiger partial charge in [-0.25, -0.2) is 4.39 Å². The van der Waals surface area contributed by atoms with Crippen molar-refractivity contribution < 1.29 is 13.6 Å². The van der Waals surface area contributed by atoms with E-state index in [4.69, 9.17) is 4.42 Å². The Morgan fingerprint density at radius 2 is 2.00 bits per heavy atom. The molecule has 0 saturated heterocycles. The smallest absolute Gasteiger partial charge is 0.234 e. The van der Waals surface area contributed by atoms with Crippen molar-refractivity contribution in [2.75, 3.05) is 6.54 Å². The zero-order chi connectivity index (χ0) is 17.5. The number of hydrogen-bond donors (Lipinski definition) is 1. The maximum atomic E-state index is 13.6. The highest BCUT2D eigenvalue weighted by molar-refractivity contribution is 7.09. The van der Waals surface area contributed by atoms with E-state index in [2.05, 4.69) is 5.32 Å². The Morgan fingerprint density at radius 1 is 1.12 bits per heavy atom. The third kappa shape index (κ3) is 5.27. The van der Waals surface area contributed by atoms with Crippen LogP contribution in [0.4, 0.5) is 4.39 Å². The van der Waals surface area contributed by atoms with Crippen LogP contribution in [0.15, 0.2) is 64.6 Å². The molecule has 1 aromatic carbocycles. The number of rotatable bonds is 8. The summed E-state index contributed by atoms with van der Waals surface area (Å²) in [6.45, 7) is 1.59. The highest BCUT2D eigenvalue weighted by atomic mass is 32.1. The van der Waals surface area contributed by atoms with E-state index < -0.39 is 0 Å². The molecular formula is C19H19FN2O2S. The van der Waals surface area contributed by atoms with Crippen LogP contribution in [0.25, 0.3) is 0 Å². The van der Waals surface area contributed by atoms with Crippen LogP contribution in [0.2, 0.25) is 0 Å². The largest absolute Gasteiger partial charge is 0.468 e. The van der Waals surface area contributed by atoms with Gasteiger partial charge in [-0.15, -0.1) is 11.3 Å². The second-order valence-corrected chi connectivity index (χ2v) is 6.70. The summed E-state index contributed by atoms with van der Waals surface area (Å²) in [5.41, 5.74) is 0.478. The quantitative estimate of drug-likeness (QED) is 0.666. The first kappa shape index (κ1) is 17.4. The van der Waals surface area contributed by atoms with Gasteiger partial charge in [0.15, 0.2) is 0 Å². The van der Waals surface area contributed by atoms with Crippen molar-refractivity contribution in [3.05, 3.63) is 82.2 Å². The SMILES string of the molecule is O=C(CN(Cc1ccco1)Cc1cccs1)NCc1ccccc1F. The maximum Gasteiger partial charge on any atom is 0.234 e. The fraction of sp³-hybridized carbons (Fsp3) is 0.211. The first-order valence-corrected chi connectivity index (χ1v) is 8.86. The summed E-state index contributed by atoms with van der Waals surface area (Å²) in [6, 6.07) is 14.2. The summed E-state index contributed by atoms with van der Waals surface area (Å²) in [4.78, 5) is 15.5. The second kappa shape index (κ2) is 8.60. The van der Waals surface area contributed by atoms with Crippen molar-refractivity contribution in [2.45, 2.75) is 19.6 Å². The minimum atomic E-state index is -0.311. The van der Waals surface area contributed by atoms with E-state index in [9.17, 15) is 9.18 Å². The molecule has 0 saturated carbocycles. The van der Waals surface area contributed by atoms with E-state index in [0.29, 0.717) is 18.7 Å². The fourth-order valence-electron chi connectivity index (χ4n) is 2.51. The van der Waals surface area contributed by atoms with Gasteiger partial charge in [0.2, 0.25) is 5.91 Å². The van der Waals surface area contributed by atoms with Crippen LogP contribution in [0.5, 0.6) is 0 Å². The number of hydrogen-bond acceptors (Lipinski definition) is 4. The highest BCUT2D eigenvalue weighted by Crippen LogP contribution is 2.14. The van der Waals surface area contributed by atoms with Crippen molar-refractivity contribution in [1.82, 2.24) is 10.2 Å². The van der Waals surface area contributed by atoms with Crippen LogP contribution in [0.1, 0.15) is 16.2 Å². The van der Waals surface area contributed by atoms with Gasteiger partial charge >= 0.3 is 0 Å². The van der Waals surface area contributed by atoms with E-state index in [-0.39, 0.29) is 24.8 Å². The van der Waals surface area contributed by atoms with Gasteiger partial charge in [-0.3, -0.25) is 9.69 Å². The average Bonchev–Trinajstić information content (AvgIpc) is 3.28. The monoisotopic (exact) mass is 358 g/mol. The number of benzene rings is 1. The minimum absolute atomic E-state index is 0.147. The van der Waals surface area contributed by atoms with E-state index in [1.54, 1.807) is 35.8 Å². The third-order valence-electron chi connectivity index (χ3n) is 3.72. The Kier molecular flexibility index (Phi) is 5.98. The molecule has 0 fully saturated rings. The van der Waals surface area contributed by atoms with Crippen molar-refractivity contribution in [3.8, 4) is 0 Å². The van der Waals surface area contributed by atoms with Gasteiger partial charge in [0, 0.05) is 23.5 Å². The Morgan fingerprint density at radius 3 is 2.72 bits per heavy atom. The number of carbonyl (C=O) groups is 1. The molecule has 0 radical (unpaired) electrons. The molecule has 0 spiro atoms. The lowest BCUT2D eigenvalue weighted by Crippen LogP contribution is -2.36. The van der Waals surface area contributed by atoms with Crippen LogP contribution in [0.3, 0.4) is 0 Å². The number of carbonyl (C=O) groups excluding carboxylic acids is 1. The molecule has 0 aliphatic rings. The van der Waals surface area contributed by atoms with Crippen molar-refractivity contribution in [2.24, 2.45) is 0 Å². The van der Waals surface area contributed by atoms with Crippen molar-refractivity contribution in [1.29, 1.82) is 0 Å². The molecule has 3 rings (SSSR count). The molecule has 25 heavy (non-hydrogen) atoms. The minimum Gasteiger partial charge on any atom is -0.468 e. The molecule has 130 valence electrons. The normalized spacial score (nSPS) is 11.0. The zero-order valence-electron chi connectivity index (χ0n) is 13.7. The third-order valence-corrected chi connectivity index (χ3v) is 4.58. The van der Waals surface area contributed by atoms with Crippen molar-refractivity contribution >= 4 is 17.2 Å². The van der Waals surface area contributed by atoms with Gasteiger partial charge in [-0.05, 0) is 29.6 Å². The highest BCUT2D eigenvalue weighted by Gasteiger charge is 2.14. The maximum absolute atomic E-state index is 13.6. The molecule has 1 N–H and O–H groups in total. The zero-order valence-corrected chi connectivity index (χ0v) is 14.5. The lowest BCUT2D eigenvalue weighted by Gasteiger charge is -2.20. The molecule has 3 aromatic rings. The first-order valence-electron chi connectivity index (χ1n) is 7.98. The lowest BCUT2D eigenvalue weighted by molar-refractivity contribution is -0.122. The number of amides is 1. The second-order valence-electron chi connectivity index (χ2n) is 5.67. The van der Waals surface area contributed by atoms with E-state index in [1.165, 1.54) is 10.9 Å². The van der Waals surface area contributed by atoms with Gasteiger partial charge in [-0.2, -0.15) is 0 Å². The Labute approximate surface area is 149 Å². The predicted molar refractivity (Wildman–Crippen MR) is 95.4 cm³/mol. The van der Waals surface area contributed by atoms with E-state index in [0.717, 1.165) is 5.76 Å². The standard InChI is InChI=1S/C19H19FN2O2S/c20-18-8-2-1-5-15(18)11-21-19(23)14-22(12-16-6-3-9-24-16)13-17-7-4-10-25-17/h1-10H,11-14H2,(H,21,23). The Balaban J connectivity index is 1.58. The topological polar surface area (TPSA) is 45.5 Å². The molecule has 0 aliphatic carbocycles. The molecule has 2 aromatic heterocycles. The summed E-state index contributed by atoms with van der Waals surface area (Å²) in [5, 5.41) is 4.79. The number of furan rings is 1. The van der Waals surface area contributed by atoms with Crippen molar-refractivity contribution in [3.63, 3.8) is 0 Å².